The summed E-state index contributed by atoms with van der Waals surface area (Å²) in [6.45, 7) is 6.58. The maximum atomic E-state index is 13.7. The van der Waals surface area contributed by atoms with Crippen molar-refractivity contribution in [1.82, 2.24) is 0 Å². The van der Waals surface area contributed by atoms with E-state index in [9.17, 15) is 9.59 Å². The molecule has 0 aromatic heterocycles. The van der Waals surface area contributed by atoms with E-state index in [2.05, 4.69) is 19.2 Å². The Kier molecular flexibility index (Phi) is 6.40. The molecule has 36 heavy (non-hydrogen) atoms. The van der Waals surface area contributed by atoms with Gasteiger partial charge in [-0.05, 0) is 47.2 Å². The topological polar surface area (TPSA) is 58.6 Å². The van der Waals surface area contributed by atoms with Crippen LogP contribution in [0.4, 0.5) is 11.4 Å². The normalized spacial score (nSPS) is 18.6. The number of ether oxygens (including phenoxy) is 1. The Bertz CT molecular complexity index is 1310. The SMILES string of the molecule is CCC(=O)N1c2ccccc2NC2=C(C(=O)CC(C)(C)C2)C1c1ccc(OCc2ccccc2)cc1. The van der Waals surface area contributed by atoms with Crippen LogP contribution in [0.5, 0.6) is 5.75 Å². The van der Waals surface area contributed by atoms with Crippen molar-refractivity contribution in [3.05, 3.63) is 101 Å². The standard InChI is InChI=1S/C31H32N2O3/c1-4-28(35)33-26-13-9-8-12-24(26)32-25-18-31(2,3)19-27(34)29(25)30(33)22-14-16-23(17-15-22)36-20-21-10-6-5-7-11-21/h5-17,30,32H,4,18-20H2,1-3H3. The molecule has 1 aliphatic carbocycles. The molecule has 5 heteroatoms. The van der Waals surface area contributed by atoms with Gasteiger partial charge in [0.05, 0.1) is 17.4 Å². The van der Waals surface area contributed by atoms with E-state index in [1.54, 1.807) is 4.90 Å². The highest BCUT2D eigenvalue weighted by Crippen LogP contribution is 2.48. The summed E-state index contributed by atoms with van der Waals surface area (Å²) < 4.78 is 5.99. The Morgan fingerprint density at radius 1 is 0.972 bits per heavy atom. The monoisotopic (exact) mass is 480 g/mol. The van der Waals surface area contributed by atoms with E-state index in [1.165, 1.54) is 0 Å². The molecule has 0 fully saturated rings. The summed E-state index contributed by atoms with van der Waals surface area (Å²) in [4.78, 5) is 28.9. The molecule has 0 saturated heterocycles. The first kappa shape index (κ1) is 23.9. The lowest BCUT2D eigenvalue weighted by atomic mass is 9.73. The number of fused-ring (bicyclic) bond motifs is 1. The molecule has 1 N–H and O–H groups in total. The lowest BCUT2D eigenvalue weighted by Gasteiger charge is -2.37. The Labute approximate surface area is 212 Å². The number of amides is 1. The molecule has 184 valence electrons. The molecule has 0 bridgehead atoms. The van der Waals surface area contributed by atoms with Crippen molar-refractivity contribution in [3.8, 4) is 5.75 Å². The summed E-state index contributed by atoms with van der Waals surface area (Å²) in [6, 6.07) is 25.2. The first-order chi connectivity index (χ1) is 17.4. The molecule has 5 rings (SSSR count). The highest BCUT2D eigenvalue weighted by atomic mass is 16.5. The largest absolute Gasteiger partial charge is 0.489 e. The fraction of sp³-hybridized carbons (Fsp3) is 0.290. The van der Waals surface area contributed by atoms with Gasteiger partial charge in [-0.25, -0.2) is 0 Å². The molecule has 3 aromatic rings. The summed E-state index contributed by atoms with van der Waals surface area (Å²) in [5.41, 5.74) is 5.07. The number of Topliss-reactive ketones (excluding diaryl/α,β-unsaturated/α-hetero) is 1. The van der Waals surface area contributed by atoms with Crippen LogP contribution in [0, 0.1) is 5.41 Å². The van der Waals surface area contributed by atoms with Gasteiger partial charge in [0.15, 0.2) is 5.78 Å². The zero-order valence-electron chi connectivity index (χ0n) is 21.1. The van der Waals surface area contributed by atoms with Crippen LogP contribution in [0.15, 0.2) is 90.1 Å². The second-order valence-electron chi connectivity index (χ2n) is 10.3. The Hall–Kier alpha value is -3.86. The second kappa shape index (κ2) is 9.65. The first-order valence-electron chi connectivity index (χ1n) is 12.6. The number of nitrogens with one attached hydrogen (secondary N) is 1. The summed E-state index contributed by atoms with van der Waals surface area (Å²) in [5, 5.41) is 3.55. The third-order valence-electron chi connectivity index (χ3n) is 6.92. The van der Waals surface area contributed by atoms with E-state index in [0.29, 0.717) is 25.0 Å². The van der Waals surface area contributed by atoms with Crippen molar-refractivity contribution >= 4 is 23.1 Å². The average Bonchev–Trinajstić information content (AvgIpc) is 3.01. The van der Waals surface area contributed by atoms with Crippen LogP contribution < -0.4 is 15.0 Å². The molecule has 5 nitrogen and oxygen atoms in total. The van der Waals surface area contributed by atoms with Gasteiger partial charge in [-0.15, -0.1) is 0 Å². The van der Waals surface area contributed by atoms with E-state index >= 15 is 0 Å². The number of anilines is 2. The zero-order chi connectivity index (χ0) is 25.3. The van der Waals surface area contributed by atoms with Crippen LogP contribution in [0.25, 0.3) is 0 Å². The van der Waals surface area contributed by atoms with Crippen molar-refractivity contribution in [2.24, 2.45) is 5.41 Å². The highest BCUT2D eigenvalue weighted by molar-refractivity contribution is 6.06. The molecular weight excluding hydrogens is 448 g/mol. The lowest BCUT2D eigenvalue weighted by molar-refractivity contribution is -0.119. The number of hydrogen-bond donors (Lipinski definition) is 1. The van der Waals surface area contributed by atoms with E-state index < -0.39 is 6.04 Å². The highest BCUT2D eigenvalue weighted by Gasteiger charge is 2.42. The molecular formula is C31H32N2O3. The van der Waals surface area contributed by atoms with Crippen LogP contribution in [-0.2, 0) is 16.2 Å². The summed E-state index contributed by atoms with van der Waals surface area (Å²) in [7, 11) is 0. The Morgan fingerprint density at radius 3 is 2.39 bits per heavy atom. The maximum Gasteiger partial charge on any atom is 0.227 e. The van der Waals surface area contributed by atoms with Gasteiger partial charge in [-0.3, -0.25) is 14.5 Å². The molecule has 0 saturated carbocycles. The van der Waals surface area contributed by atoms with Crippen molar-refractivity contribution in [2.45, 2.75) is 52.7 Å². The number of nitrogens with zero attached hydrogens (tertiary/aromatic N) is 1. The number of allylic oxidation sites excluding steroid dienone is 1. The van der Waals surface area contributed by atoms with Gasteiger partial charge < -0.3 is 10.1 Å². The van der Waals surface area contributed by atoms with E-state index in [1.807, 2.05) is 85.8 Å². The number of hydrogen-bond acceptors (Lipinski definition) is 4. The number of carbonyl (C=O) groups is 2. The van der Waals surface area contributed by atoms with Crippen molar-refractivity contribution in [1.29, 1.82) is 0 Å². The minimum absolute atomic E-state index is 0.0231. The molecule has 3 aromatic carbocycles. The van der Waals surface area contributed by atoms with Crippen LogP contribution in [-0.4, -0.2) is 11.7 Å². The minimum atomic E-state index is -0.504. The predicted octanol–water partition coefficient (Wildman–Crippen LogP) is 6.82. The third kappa shape index (κ3) is 4.66. The van der Waals surface area contributed by atoms with Gasteiger partial charge >= 0.3 is 0 Å². The number of ketones is 1. The smallest absolute Gasteiger partial charge is 0.227 e. The van der Waals surface area contributed by atoms with Gasteiger partial charge in [0.1, 0.15) is 12.4 Å². The number of carbonyl (C=O) groups excluding carboxylic acids is 2. The van der Waals surface area contributed by atoms with E-state index in [-0.39, 0.29) is 17.1 Å². The van der Waals surface area contributed by atoms with Gasteiger partial charge in [0.2, 0.25) is 5.91 Å². The molecule has 0 spiro atoms. The average molecular weight is 481 g/mol. The second-order valence-corrected chi connectivity index (χ2v) is 10.3. The van der Waals surface area contributed by atoms with E-state index in [4.69, 9.17) is 4.74 Å². The van der Waals surface area contributed by atoms with Crippen LogP contribution >= 0.6 is 0 Å². The van der Waals surface area contributed by atoms with Gasteiger partial charge in [0, 0.05) is 24.1 Å². The molecule has 2 aliphatic rings. The fourth-order valence-corrected chi connectivity index (χ4v) is 5.24. The third-order valence-corrected chi connectivity index (χ3v) is 6.92. The van der Waals surface area contributed by atoms with Crippen LogP contribution in [0.3, 0.4) is 0 Å². The molecule has 0 radical (unpaired) electrons. The molecule has 1 heterocycles. The molecule has 1 atom stereocenters. The first-order valence-corrected chi connectivity index (χ1v) is 12.6. The predicted molar refractivity (Wildman–Crippen MR) is 143 cm³/mol. The van der Waals surface area contributed by atoms with E-state index in [0.717, 1.165) is 40.4 Å². The lowest BCUT2D eigenvalue weighted by Crippen LogP contribution is -2.39. The summed E-state index contributed by atoms with van der Waals surface area (Å²) in [6.07, 6.45) is 1.53. The number of rotatable bonds is 5. The molecule has 1 aliphatic heterocycles. The quantitative estimate of drug-likeness (QED) is 0.435. The Morgan fingerprint density at radius 2 is 1.67 bits per heavy atom. The van der Waals surface area contributed by atoms with Crippen molar-refractivity contribution < 1.29 is 14.3 Å². The summed E-state index contributed by atoms with van der Waals surface area (Å²) >= 11 is 0. The van der Waals surface area contributed by atoms with Gasteiger partial charge in [-0.1, -0.05) is 75.4 Å². The van der Waals surface area contributed by atoms with Gasteiger partial charge in [0.25, 0.3) is 0 Å². The van der Waals surface area contributed by atoms with Gasteiger partial charge in [-0.2, -0.15) is 0 Å². The van der Waals surface area contributed by atoms with Crippen LogP contribution in [0.1, 0.15) is 57.2 Å². The van der Waals surface area contributed by atoms with Crippen LogP contribution in [0.2, 0.25) is 0 Å². The fourth-order valence-electron chi connectivity index (χ4n) is 5.24. The molecule has 1 amide bonds. The molecule has 1 unspecified atom stereocenters. The van der Waals surface area contributed by atoms with Crippen molar-refractivity contribution in [2.75, 3.05) is 10.2 Å². The number of para-hydroxylation sites is 2. The van der Waals surface area contributed by atoms with Crippen molar-refractivity contribution in [3.63, 3.8) is 0 Å². The minimum Gasteiger partial charge on any atom is -0.489 e. The number of benzene rings is 3. The zero-order valence-corrected chi connectivity index (χ0v) is 21.1. The maximum absolute atomic E-state index is 13.7. The summed E-state index contributed by atoms with van der Waals surface area (Å²) in [5.74, 6) is 0.809. The Balaban J connectivity index is 1.58.